The Balaban J connectivity index is 2.10. The van der Waals surface area contributed by atoms with Crippen LogP contribution in [0.1, 0.15) is 41.4 Å². The molecule has 0 fully saturated rings. The highest BCUT2D eigenvalue weighted by molar-refractivity contribution is 7.11. The Morgan fingerprint density at radius 1 is 1.21 bits per heavy atom. The van der Waals surface area contributed by atoms with E-state index in [4.69, 9.17) is 0 Å². The number of rotatable bonds is 4. The summed E-state index contributed by atoms with van der Waals surface area (Å²) in [6.07, 6.45) is 1.82. The molecule has 2 rings (SSSR count). The first-order valence-electron chi connectivity index (χ1n) is 6.10. The quantitative estimate of drug-likeness (QED) is 0.911. The molecule has 0 saturated carbocycles. The Labute approximate surface area is 115 Å². The van der Waals surface area contributed by atoms with Crippen LogP contribution in [0.15, 0.2) is 24.4 Å². The molecule has 2 nitrogen and oxygen atoms in total. The molecule has 0 bridgehead atoms. The molecule has 2 aromatic rings. The third-order valence-corrected chi connectivity index (χ3v) is 4.03. The van der Waals surface area contributed by atoms with Crippen molar-refractivity contribution in [1.29, 1.82) is 0 Å². The summed E-state index contributed by atoms with van der Waals surface area (Å²) in [5, 5.41) is 4.24. The lowest BCUT2D eigenvalue weighted by molar-refractivity contribution is 0.469. The number of hydrogen-bond donors (Lipinski definition) is 1. The van der Waals surface area contributed by atoms with Gasteiger partial charge < -0.3 is 5.32 Å². The largest absolute Gasteiger partial charge is 0.301 e. The van der Waals surface area contributed by atoms with Crippen LogP contribution in [0, 0.1) is 18.6 Å². The Morgan fingerprint density at radius 2 is 1.95 bits per heavy atom. The molecule has 0 aliphatic heterocycles. The van der Waals surface area contributed by atoms with E-state index in [0.717, 1.165) is 16.0 Å². The molecule has 102 valence electrons. The first kappa shape index (κ1) is 14.1. The first-order valence-corrected chi connectivity index (χ1v) is 6.92. The summed E-state index contributed by atoms with van der Waals surface area (Å²) in [7, 11) is 0. The number of nitrogens with one attached hydrogen (secondary N) is 1. The third kappa shape index (κ3) is 3.36. The van der Waals surface area contributed by atoms with Crippen LogP contribution >= 0.6 is 11.3 Å². The molecule has 1 aromatic heterocycles. The minimum Gasteiger partial charge on any atom is -0.301 e. The molecule has 1 heterocycles. The number of benzene rings is 1. The zero-order valence-electron chi connectivity index (χ0n) is 11.1. The smallest absolute Gasteiger partial charge is 0.130 e. The molecule has 2 unspecified atom stereocenters. The fraction of sp³-hybridized carbons (Fsp3) is 0.357. The summed E-state index contributed by atoms with van der Waals surface area (Å²) < 4.78 is 26.5. The molecule has 1 N–H and O–H groups in total. The average Bonchev–Trinajstić information content (AvgIpc) is 2.75. The van der Waals surface area contributed by atoms with Crippen molar-refractivity contribution in [2.45, 2.75) is 32.9 Å². The number of nitrogens with zero attached hydrogens (tertiary/aromatic N) is 1. The lowest BCUT2D eigenvalue weighted by Gasteiger charge is -2.19. The topological polar surface area (TPSA) is 24.9 Å². The van der Waals surface area contributed by atoms with Gasteiger partial charge in [-0.3, -0.25) is 0 Å². The number of aromatic nitrogens is 1. The lowest BCUT2D eigenvalue weighted by Crippen LogP contribution is -2.23. The monoisotopic (exact) mass is 282 g/mol. The van der Waals surface area contributed by atoms with Crippen LogP contribution in [0.4, 0.5) is 8.78 Å². The van der Waals surface area contributed by atoms with Gasteiger partial charge in [0.1, 0.15) is 16.6 Å². The van der Waals surface area contributed by atoms with Gasteiger partial charge in [-0.2, -0.15) is 0 Å². The van der Waals surface area contributed by atoms with Crippen molar-refractivity contribution in [2.24, 2.45) is 0 Å². The van der Waals surface area contributed by atoms with Gasteiger partial charge in [-0.15, -0.1) is 11.3 Å². The van der Waals surface area contributed by atoms with E-state index in [1.54, 1.807) is 11.3 Å². The molecule has 1 aromatic carbocycles. The van der Waals surface area contributed by atoms with Gasteiger partial charge in [0, 0.05) is 28.7 Å². The number of thiazole rings is 1. The lowest BCUT2D eigenvalue weighted by atomic mass is 10.1. The summed E-state index contributed by atoms with van der Waals surface area (Å²) in [4.78, 5) is 5.44. The predicted octanol–water partition coefficient (Wildman–Crippen LogP) is 4.14. The molecule has 5 heteroatoms. The summed E-state index contributed by atoms with van der Waals surface area (Å²) in [6, 6.07) is 3.47. The molecule has 0 aliphatic rings. The molecule has 19 heavy (non-hydrogen) atoms. The second-order valence-corrected chi connectivity index (χ2v) is 5.85. The maximum absolute atomic E-state index is 13.7. The third-order valence-electron chi connectivity index (χ3n) is 2.94. The zero-order valence-corrected chi connectivity index (χ0v) is 11.9. The summed E-state index contributed by atoms with van der Waals surface area (Å²) in [6.45, 7) is 5.83. The van der Waals surface area contributed by atoms with E-state index < -0.39 is 11.6 Å². The van der Waals surface area contributed by atoms with Crippen molar-refractivity contribution in [2.75, 3.05) is 0 Å². The summed E-state index contributed by atoms with van der Waals surface area (Å²) in [5.41, 5.74) is 0.460. The number of hydrogen-bond acceptors (Lipinski definition) is 3. The fourth-order valence-electron chi connectivity index (χ4n) is 1.96. The van der Waals surface area contributed by atoms with E-state index in [1.807, 2.05) is 27.0 Å². The van der Waals surface area contributed by atoms with Crippen molar-refractivity contribution >= 4 is 11.3 Å². The molecular formula is C14H16F2N2S. The van der Waals surface area contributed by atoms with E-state index in [2.05, 4.69) is 10.3 Å². The van der Waals surface area contributed by atoms with Gasteiger partial charge in [-0.25, -0.2) is 13.8 Å². The van der Waals surface area contributed by atoms with Crippen LogP contribution in [-0.4, -0.2) is 4.98 Å². The van der Waals surface area contributed by atoms with E-state index in [1.165, 1.54) is 12.1 Å². The van der Waals surface area contributed by atoms with Crippen LogP contribution < -0.4 is 5.32 Å². The summed E-state index contributed by atoms with van der Waals surface area (Å²) in [5.74, 6) is -1.08. The standard InChI is InChI=1S/C14H16F2N2S/c1-8-7-17-14(19-8)10(3)18-9(2)12-5-4-11(15)6-13(12)16/h4-7,9-10,18H,1-3H3. The van der Waals surface area contributed by atoms with E-state index in [0.29, 0.717) is 5.56 Å². The van der Waals surface area contributed by atoms with Gasteiger partial charge in [0.2, 0.25) is 0 Å². The molecule has 0 aliphatic carbocycles. The van der Waals surface area contributed by atoms with Crippen molar-refractivity contribution in [3.05, 3.63) is 51.5 Å². The first-order chi connectivity index (χ1) is 8.97. The van der Waals surface area contributed by atoms with E-state index in [9.17, 15) is 8.78 Å². The Bertz CT molecular complexity index is 568. The van der Waals surface area contributed by atoms with Crippen molar-refractivity contribution in [1.82, 2.24) is 10.3 Å². The van der Waals surface area contributed by atoms with Crippen LogP contribution in [-0.2, 0) is 0 Å². The van der Waals surface area contributed by atoms with Gasteiger partial charge in [-0.1, -0.05) is 6.07 Å². The van der Waals surface area contributed by atoms with Gasteiger partial charge in [0.25, 0.3) is 0 Å². The van der Waals surface area contributed by atoms with Crippen molar-refractivity contribution < 1.29 is 8.78 Å². The van der Waals surface area contributed by atoms with Gasteiger partial charge >= 0.3 is 0 Å². The van der Waals surface area contributed by atoms with E-state index in [-0.39, 0.29) is 12.1 Å². The van der Waals surface area contributed by atoms with Gasteiger partial charge in [0.15, 0.2) is 0 Å². The molecule has 0 spiro atoms. The molecular weight excluding hydrogens is 266 g/mol. The highest BCUT2D eigenvalue weighted by Crippen LogP contribution is 2.24. The highest BCUT2D eigenvalue weighted by Gasteiger charge is 2.16. The molecule has 2 atom stereocenters. The van der Waals surface area contributed by atoms with Crippen molar-refractivity contribution in [3.8, 4) is 0 Å². The minimum atomic E-state index is -0.558. The average molecular weight is 282 g/mol. The van der Waals surface area contributed by atoms with E-state index >= 15 is 0 Å². The second kappa shape index (κ2) is 5.75. The Hall–Kier alpha value is -1.33. The van der Waals surface area contributed by atoms with Gasteiger partial charge in [0.05, 0.1) is 6.04 Å². The van der Waals surface area contributed by atoms with Crippen LogP contribution in [0.5, 0.6) is 0 Å². The van der Waals surface area contributed by atoms with Crippen LogP contribution in [0.3, 0.4) is 0 Å². The SMILES string of the molecule is Cc1cnc(C(C)NC(C)c2ccc(F)cc2F)s1. The Morgan fingerprint density at radius 3 is 2.53 bits per heavy atom. The second-order valence-electron chi connectivity index (χ2n) is 4.59. The van der Waals surface area contributed by atoms with Crippen LogP contribution in [0.25, 0.3) is 0 Å². The molecule has 0 radical (unpaired) electrons. The maximum atomic E-state index is 13.7. The summed E-state index contributed by atoms with van der Waals surface area (Å²) >= 11 is 1.61. The molecule has 0 saturated heterocycles. The van der Waals surface area contributed by atoms with Crippen LogP contribution in [0.2, 0.25) is 0 Å². The Kier molecular flexibility index (Phi) is 4.27. The fourth-order valence-corrected chi connectivity index (χ4v) is 2.75. The minimum absolute atomic E-state index is 0.0261. The predicted molar refractivity (Wildman–Crippen MR) is 73.2 cm³/mol. The maximum Gasteiger partial charge on any atom is 0.130 e. The number of aryl methyl sites for hydroxylation is 1. The molecule has 0 amide bonds. The zero-order chi connectivity index (χ0) is 14.0. The van der Waals surface area contributed by atoms with Gasteiger partial charge in [-0.05, 0) is 26.8 Å². The normalized spacial score (nSPS) is 14.4. The number of halogens is 2. The highest BCUT2D eigenvalue weighted by atomic mass is 32.1. The van der Waals surface area contributed by atoms with Crippen molar-refractivity contribution in [3.63, 3.8) is 0 Å².